The van der Waals surface area contributed by atoms with Gasteiger partial charge in [0.1, 0.15) is 0 Å². The first kappa shape index (κ1) is 15.2. The van der Waals surface area contributed by atoms with Crippen molar-refractivity contribution >= 4 is 40.7 Å². The Kier molecular flexibility index (Phi) is 4.92. The predicted molar refractivity (Wildman–Crippen MR) is 83.8 cm³/mol. The molecule has 0 saturated heterocycles. The van der Waals surface area contributed by atoms with E-state index in [1.807, 2.05) is 6.92 Å². The molecule has 1 atom stereocenters. The lowest BCUT2D eigenvalue weighted by Gasteiger charge is -2.16. The van der Waals surface area contributed by atoms with Crippen LogP contribution in [0.25, 0.3) is 0 Å². The summed E-state index contributed by atoms with van der Waals surface area (Å²) >= 11 is 17.8. The SMILES string of the molecule is CC(NC(=O)c1cccc(Cl)c1)c1ccc(Cl)cc1Cl. The van der Waals surface area contributed by atoms with Gasteiger partial charge in [-0.3, -0.25) is 4.79 Å². The Bertz CT molecular complexity index is 643. The van der Waals surface area contributed by atoms with Crippen molar-refractivity contribution in [1.29, 1.82) is 0 Å². The molecule has 0 fully saturated rings. The van der Waals surface area contributed by atoms with E-state index in [0.717, 1.165) is 5.56 Å². The van der Waals surface area contributed by atoms with Crippen molar-refractivity contribution in [2.45, 2.75) is 13.0 Å². The molecule has 1 N–H and O–H groups in total. The summed E-state index contributed by atoms with van der Waals surface area (Å²) in [5, 5.41) is 4.48. The van der Waals surface area contributed by atoms with Crippen LogP contribution in [0.1, 0.15) is 28.9 Å². The molecule has 0 spiro atoms. The molecule has 0 aromatic heterocycles. The number of carbonyl (C=O) groups is 1. The summed E-state index contributed by atoms with van der Waals surface area (Å²) < 4.78 is 0. The van der Waals surface area contributed by atoms with Gasteiger partial charge in [0.2, 0.25) is 0 Å². The van der Waals surface area contributed by atoms with Crippen molar-refractivity contribution in [3.8, 4) is 0 Å². The van der Waals surface area contributed by atoms with Crippen LogP contribution in [0.5, 0.6) is 0 Å². The molecule has 2 nitrogen and oxygen atoms in total. The third kappa shape index (κ3) is 3.66. The van der Waals surface area contributed by atoms with Crippen molar-refractivity contribution in [3.05, 3.63) is 68.7 Å². The number of halogens is 3. The van der Waals surface area contributed by atoms with Gasteiger partial charge in [-0.15, -0.1) is 0 Å². The molecule has 2 aromatic rings. The molecule has 5 heteroatoms. The minimum absolute atomic E-state index is 0.203. The summed E-state index contributed by atoms with van der Waals surface area (Å²) in [6, 6.07) is 11.7. The molecule has 0 aliphatic carbocycles. The van der Waals surface area contributed by atoms with E-state index >= 15 is 0 Å². The van der Waals surface area contributed by atoms with E-state index in [2.05, 4.69) is 5.32 Å². The maximum atomic E-state index is 12.1. The standard InChI is InChI=1S/C15H12Cl3NO/c1-9(13-6-5-12(17)8-14(13)18)19-15(20)10-3-2-4-11(16)7-10/h2-9H,1H3,(H,19,20). The van der Waals surface area contributed by atoms with Crippen LogP contribution < -0.4 is 5.32 Å². The number of amides is 1. The van der Waals surface area contributed by atoms with Gasteiger partial charge in [-0.25, -0.2) is 0 Å². The van der Waals surface area contributed by atoms with E-state index in [1.54, 1.807) is 42.5 Å². The summed E-state index contributed by atoms with van der Waals surface area (Å²) in [5.41, 5.74) is 1.32. The highest BCUT2D eigenvalue weighted by molar-refractivity contribution is 6.35. The summed E-state index contributed by atoms with van der Waals surface area (Å²) in [5.74, 6) is -0.203. The fourth-order valence-electron chi connectivity index (χ4n) is 1.84. The third-order valence-electron chi connectivity index (χ3n) is 2.86. The second-order valence-electron chi connectivity index (χ2n) is 4.37. The fraction of sp³-hybridized carbons (Fsp3) is 0.133. The maximum Gasteiger partial charge on any atom is 0.251 e. The summed E-state index contributed by atoms with van der Waals surface area (Å²) in [6.45, 7) is 1.86. The molecule has 0 aliphatic heterocycles. The normalized spacial score (nSPS) is 12.0. The lowest BCUT2D eigenvalue weighted by Crippen LogP contribution is -2.26. The highest BCUT2D eigenvalue weighted by Crippen LogP contribution is 2.26. The quantitative estimate of drug-likeness (QED) is 0.830. The fourth-order valence-corrected chi connectivity index (χ4v) is 2.60. The lowest BCUT2D eigenvalue weighted by atomic mass is 10.1. The van der Waals surface area contributed by atoms with Crippen molar-refractivity contribution in [3.63, 3.8) is 0 Å². The number of carbonyl (C=O) groups excluding carboxylic acids is 1. The Morgan fingerprint density at radius 2 is 1.75 bits per heavy atom. The number of hydrogen-bond donors (Lipinski definition) is 1. The molecular formula is C15H12Cl3NO. The first-order valence-electron chi connectivity index (χ1n) is 5.99. The average Bonchev–Trinajstić information content (AvgIpc) is 2.38. The highest BCUT2D eigenvalue weighted by atomic mass is 35.5. The number of nitrogens with one attached hydrogen (secondary N) is 1. The van der Waals surface area contributed by atoms with Gasteiger partial charge in [0.15, 0.2) is 0 Å². The molecule has 2 aromatic carbocycles. The van der Waals surface area contributed by atoms with Gasteiger partial charge in [-0.05, 0) is 42.8 Å². The van der Waals surface area contributed by atoms with Crippen LogP contribution in [0.4, 0.5) is 0 Å². The number of hydrogen-bond acceptors (Lipinski definition) is 1. The highest BCUT2D eigenvalue weighted by Gasteiger charge is 2.14. The molecule has 2 rings (SSSR count). The Labute approximate surface area is 132 Å². The van der Waals surface area contributed by atoms with E-state index < -0.39 is 0 Å². The zero-order chi connectivity index (χ0) is 14.7. The molecule has 0 saturated carbocycles. The van der Waals surface area contributed by atoms with Gasteiger partial charge < -0.3 is 5.32 Å². The van der Waals surface area contributed by atoms with Crippen LogP contribution >= 0.6 is 34.8 Å². The molecule has 0 aliphatic rings. The molecule has 1 amide bonds. The number of rotatable bonds is 3. The van der Waals surface area contributed by atoms with Crippen LogP contribution in [0, 0.1) is 0 Å². The van der Waals surface area contributed by atoms with Crippen molar-refractivity contribution in [2.24, 2.45) is 0 Å². The minimum atomic E-state index is -0.230. The van der Waals surface area contributed by atoms with Crippen molar-refractivity contribution < 1.29 is 4.79 Å². The van der Waals surface area contributed by atoms with E-state index in [9.17, 15) is 4.79 Å². The van der Waals surface area contributed by atoms with Gasteiger partial charge >= 0.3 is 0 Å². The zero-order valence-corrected chi connectivity index (χ0v) is 12.9. The van der Waals surface area contributed by atoms with Gasteiger partial charge in [-0.1, -0.05) is 46.9 Å². The second-order valence-corrected chi connectivity index (χ2v) is 5.65. The Hall–Kier alpha value is -1.22. The molecule has 104 valence electrons. The maximum absolute atomic E-state index is 12.1. The van der Waals surface area contributed by atoms with Gasteiger partial charge in [0.05, 0.1) is 6.04 Å². The topological polar surface area (TPSA) is 29.1 Å². The summed E-state index contributed by atoms with van der Waals surface area (Å²) in [7, 11) is 0. The van der Waals surface area contributed by atoms with Gasteiger partial charge in [-0.2, -0.15) is 0 Å². The van der Waals surface area contributed by atoms with Crippen LogP contribution in [0.15, 0.2) is 42.5 Å². The first-order chi connectivity index (χ1) is 9.47. The summed E-state index contributed by atoms with van der Waals surface area (Å²) in [4.78, 5) is 12.1. The van der Waals surface area contributed by atoms with E-state index in [-0.39, 0.29) is 11.9 Å². The Morgan fingerprint density at radius 3 is 2.40 bits per heavy atom. The largest absolute Gasteiger partial charge is 0.345 e. The van der Waals surface area contributed by atoms with Crippen molar-refractivity contribution in [1.82, 2.24) is 5.32 Å². The molecular weight excluding hydrogens is 317 g/mol. The van der Waals surface area contributed by atoms with E-state index in [0.29, 0.717) is 20.6 Å². The van der Waals surface area contributed by atoms with E-state index in [4.69, 9.17) is 34.8 Å². The van der Waals surface area contributed by atoms with Crippen LogP contribution in [-0.2, 0) is 0 Å². The molecule has 0 radical (unpaired) electrons. The lowest BCUT2D eigenvalue weighted by molar-refractivity contribution is 0.0940. The molecule has 20 heavy (non-hydrogen) atoms. The molecule has 0 bridgehead atoms. The van der Waals surface area contributed by atoms with Crippen LogP contribution in [0.3, 0.4) is 0 Å². The number of benzene rings is 2. The summed E-state index contributed by atoms with van der Waals surface area (Å²) in [6.07, 6.45) is 0. The Morgan fingerprint density at radius 1 is 1.05 bits per heavy atom. The third-order valence-corrected chi connectivity index (χ3v) is 3.66. The van der Waals surface area contributed by atoms with Crippen molar-refractivity contribution in [2.75, 3.05) is 0 Å². The van der Waals surface area contributed by atoms with Crippen LogP contribution in [0.2, 0.25) is 15.1 Å². The van der Waals surface area contributed by atoms with E-state index in [1.165, 1.54) is 0 Å². The van der Waals surface area contributed by atoms with Gasteiger partial charge in [0.25, 0.3) is 5.91 Å². The minimum Gasteiger partial charge on any atom is -0.345 e. The average molecular weight is 329 g/mol. The zero-order valence-electron chi connectivity index (χ0n) is 10.7. The Balaban J connectivity index is 2.15. The van der Waals surface area contributed by atoms with Crippen LogP contribution in [-0.4, -0.2) is 5.91 Å². The monoisotopic (exact) mass is 327 g/mol. The smallest absolute Gasteiger partial charge is 0.251 e. The van der Waals surface area contributed by atoms with Gasteiger partial charge in [0, 0.05) is 20.6 Å². The predicted octanol–water partition coefficient (Wildman–Crippen LogP) is 5.14. The second kappa shape index (κ2) is 6.49. The molecule has 0 heterocycles. The molecule has 1 unspecified atom stereocenters. The first-order valence-corrected chi connectivity index (χ1v) is 7.12.